The van der Waals surface area contributed by atoms with E-state index in [1.807, 2.05) is 23.4 Å². The molecule has 1 saturated heterocycles. The fourth-order valence-corrected chi connectivity index (χ4v) is 4.84. The van der Waals surface area contributed by atoms with Crippen molar-refractivity contribution in [3.63, 3.8) is 0 Å². The van der Waals surface area contributed by atoms with Crippen LogP contribution in [0.4, 0.5) is 0 Å². The number of ether oxygens (including phenoxy) is 1. The van der Waals surface area contributed by atoms with Crippen molar-refractivity contribution in [2.75, 3.05) is 20.7 Å². The van der Waals surface area contributed by atoms with Crippen molar-refractivity contribution in [2.24, 2.45) is 5.10 Å². The largest absolute Gasteiger partial charge is 0.496 e. The molecule has 0 spiro atoms. The highest BCUT2D eigenvalue weighted by atomic mass is 79.9. The maximum absolute atomic E-state index is 12.6. The van der Waals surface area contributed by atoms with Crippen LogP contribution in [-0.2, 0) is 4.79 Å². The average molecular weight is 431 g/mol. The highest BCUT2D eigenvalue weighted by Crippen LogP contribution is 2.47. The molecule has 2 atom stereocenters. The van der Waals surface area contributed by atoms with E-state index in [0.717, 1.165) is 39.6 Å². The number of fused-ring (bicyclic) bond motifs is 1. The van der Waals surface area contributed by atoms with Gasteiger partial charge in [-0.2, -0.15) is 5.10 Å². The van der Waals surface area contributed by atoms with Crippen LogP contribution in [0.25, 0.3) is 0 Å². The van der Waals surface area contributed by atoms with E-state index in [1.165, 1.54) is 0 Å². The molecule has 22 heavy (non-hydrogen) atoms. The molecule has 1 aromatic rings. The average Bonchev–Trinajstić information content (AvgIpc) is 3.06. The van der Waals surface area contributed by atoms with Crippen LogP contribution < -0.4 is 10.1 Å². The number of nitrogens with zero attached hydrogens (tertiary/aromatic N) is 2. The third-order valence-corrected chi connectivity index (χ3v) is 5.79. The molecule has 0 unspecified atom stereocenters. The van der Waals surface area contributed by atoms with E-state index in [0.29, 0.717) is 0 Å². The second-order valence-electron chi connectivity index (χ2n) is 5.48. The first-order valence-corrected chi connectivity index (χ1v) is 8.70. The van der Waals surface area contributed by atoms with E-state index in [1.54, 1.807) is 14.2 Å². The quantitative estimate of drug-likeness (QED) is 0.802. The lowest BCUT2D eigenvalue weighted by Crippen LogP contribution is -2.54. The number of rotatable bonds is 3. The van der Waals surface area contributed by atoms with Gasteiger partial charge in [-0.1, -0.05) is 15.9 Å². The minimum absolute atomic E-state index is 0.0151. The standard InChI is InChI=1S/C15H17Br2N3O2/c1-18-14(21)15-4-3-5-20(15)19-8-10(15)9-6-13(22-2)12(17)7-11(9)16/h6-8,10H,3-5H2,1-2H3,(H,18,21)/t10-,15+/m1/s1. The zero-order valence-electron chi connectivity index (χ0n) is 12.4. The molecule has 2 aliphatic heterocycles. The lowest BCUT2D eigenvalue weighted by Gasteiger charge is -2.35. The van der Waals surface area contributed by atoms with Crippen LogP contribution in [0, 0.1) is 0 Å². The van der Waals surface area contributed by atoms with Gasteiger partial charge in [-0.05, 0) is 46.5 Å². The van der Waals surface area contributed by atoms with Gasteiger partial charge in [0.05, 0.1) is 17.5 Å². The summed E-state index contributed by atoms with van der Waals surface area (Å²) in [6.07, 6.45) is 3.64. The van der Waals surface area contributed by atoms with Crippen LogP contribution in [-0.4, -0.2) is 43.4 Å². The molecule has 3 rings (SSSR count). The molecule has 0 saturated carbocycles. The van der Waals surface area contributed by atoms with Gasteiger partial charge in [0.2, 0.25) is 5.91 Å². The van der Waals surface area contributed by atoms with Gasteiger partial charge in [-0.25, -0.2) is 0 Å². The lowest BCUT2D eigenvalue weighted by molar-refractivity contribution is -0.131. The zero-order valence-corrected chi connectivity index (χ0v) is 15.6. The third kappa shape index (κ3) is 2.17. The molecule has 1 fully saturated rings. The molecule has 1 amide bonds. The lowest BCUT2D eigenvalue weighted by atomic mass is 9.78. The second-order valence-corrected chi connectivity index (χ2v) is 7.19. The Morgan fingerprint density at radius 3 is 2.91 bits per heavy atom. The van der Waals surface area contributed by atoms with E-state index in [2.05, 4.69) is 42.3 Å². The first-order valence-electron chi connectivity index (χ1n) is 7.11. The number of carbonyl (C=O) groups excluding carboxylic acids is 1. The van der Waals surface area contributed by atoms with E-state index in [4.69, 9.17) is 4.74 Å². The van der Waals surface area contributed by atoms with Gasteiger partial charge >= 0.3 is 0 Å². The Kier molecular flexibility index (Phi) is 4.20. The van der Waals surface area contributed by atoms with Crippen molar-refractivity contribution >= 4 is 44.0 Å². The third-order valence-electron chi connectivity index (χ3n) is 4.48. The highest BCUT2D eigenvalue weighted by Gasteiger charge is 2.56. The predicted molar refractivity (Wildman–Crippen MR) is 92.4 cm³/mol. The Bertz CT molecular complexity index is 650. The summed E-state index contributed by atoms with van der Waals surface area (Å²) in [5.74, 6) is 0.655. The molecule has 5 nitrogen and oxygen atoms in total. The van der Waals surface area contributed by atoms with Crippen LogP contribution >= 0.6 is 31.9 Å². The van der Waals surface area contributed by atoms with Crippen molar-refractivity contribution in [3.05, 3.63) is 26.6 Å². The Balaban J connectivity index is 2.11. The van der Waals surface area contributed by atoms with E-state index >= 15 is 0 Å². The Labute approximate surface area is 146 Å². The van der Waals surface area contributed by atoms with Gasteiger partial charge in [-0.3, -0.25) is 9.80 Å². The Hall–Kier alpha value is -1.08. The minimum atomic E-state index is -0.629. The van der Waals surface area contributed by atoms with E-state index in [-0.39, 0.29) is 11.8 Å². The smallest absolute Gasteiger partial charge is 0.248 e. The van der Waals surface area contributed by atoms with Crippen LogP contribution in [0.2, 0.25) is 0 Å². The fourth-order valence-electron chi connectivity index (χ4n) is 3.44. The summed E-state index contributed by atoms with van der Waals surface area (Å²) >= 11 is 7.10. The fraction of sp³-hybridized carbons (Fsp3) is 0.467. The molecular weight excluding hydrogens is 414 g/mol. The van der Waals surface area contributed by atoms with Gasteiger partial charge in [0.25, 0.3) is 0 Å². The number of hydrogen-bond donors (Lipinski definition) is 1. The van der Waals surface area contributed by atoms with Gasteiger partial charge in [0.15, 0.2) is 0 Å². The molecule has 0 bridgehead atoms. The number of benzene rings is 1. The minimum Gasteiger partial charge on any atom is -0.496 e. The molecule has 2 aliphatic rings. The number of amides is 1. The van der Waals surface area contributed by atoms with Crippen molar-refractivity contribution in [1.29, 1.82) is 0 Å². The van der Waals surface area contributed by atoms with Crippen molar-refractivity contribution in [3.8, 4) is 5.75 Å². The topological polar surface area (TPSA) is 53.9 Å². The molecule has 0 radical (unpaired) electrons. The number of halogens is 2. The van der Waals surface area contributed by atoms with Crippen LogP contribution in [0.1, 0.15) is 24.3 Å². The summed E-state index contributed by atoms with van der Waals surface area (Å²) in [5.41, 5.74) is 0.382. The Morgan fingerprint density at radius 2 is 2.23 bits per heavy atom. The SMILES string of the molecule is CNC(=O)[C@@]12CCCN1N=C[C@@H]2c1cc(OC)c(Br)cc1Br. The first kappa shape index (κ1) is 15.8. The van der Waals surface area contributed by atoms with Crippen molar-refractivity contribution < 1.29 is 9.53 Å². The van der Waals surface area contributed by atoms with Crippen LogP contribution in [0.3, 0.4) is 0 Å². The molecule has 0 aromatic heterocycles. The van der Waals surface area contributed by atoms with Gasteiger partial charge in [0, 0.05) is 24.3 Å². The molecule has 7 heteroatoms. The summed E-state index contributed by atoms with van der Waals surface area (Å²) in [5, 5.41) is 9.23. The first-order chi connectivity index (χ1) is 10.5. The number of hydrogen-bond acceptors (Lipinski definition) is 4. The number of likely N-dealkylation sites (N-methyl/N-ethyl adjacent to an activating group) is 1. The van der Waals surface area contributed by atoms with Gasteiger partial charge in [0.1, 0.15) is 11.3 Å². The van der Waals surface area contributed by atoms with E-state index in [9.17, 15) is 4.79 Å². The molecule has 2 heterocycles. The summed E-state index contributed by atoms with van der Waals surface area (Å²) in [4.78, 5) is 12.6. The van der Waals surface area contributed by atoms with Crippen LogP contribution in [0.15, 0.2) is 26.2 Å². The summed E-state index contributed by atoms with van der Waals surface area (Å²) in [7, 11) is 3.32. The number of nitrogens with one attached hydrogen (secondary N) is 1. The van der Waals surface area contributed by atoms with Crippen molar-refractivity contribution in [2.45, 2.75) is 24.3 Å². The number of methoxy groups -OCH3 is 1. The molecular formula is C15H17Br2N3O2. The molecule has 0 aliphatic carbocycles. The number of carbonyl (C=O) groups is 1. The summed E-state index contributed by atoms with van der Waals surface area (Å²) in [6.45, 7) is 0.811. The molecule has 1 N–H and O–H groups in total. The monoisotopic (exact) mass is 429 g/mol. The van der Waals surface area contributed by atoms with Crippen LogP contribution in [0.5, 0.6) is 5.75 Å². The van der Waals surface area contributed by atoms with E-state index < -0.39 is 5.54 Å². The zero-order chi connectivity index (χ0) is 15.9. The van der Waals surface area contributed by atoms with Gasteiger partial charge in [-0.15, -0.1) is 0 Å². The molecule has 1 aromatic carbocycles. The maximum Gasteiger partial charge on any atom is 0.248 e. The molecule has 118 valence electrons. The maximum atomic E-state index is 12.6. The second kappa shape index (κ2) is 5.85. The Morgan fingerprint density at radius 1 is 1.45 bits per heavy atom. The summed E-state index contributed by atoms with van der Waals surface area (Å²) in [6, 6.07) is 3.93. The number of hydrazone groups is 1. The van der Waals surface area contributed by atoms with Crippen molar-refractivity contribution in [1.82, 2.24) is 10.3 Å². The predicted octanol–water partition coefficient (Wildman–Crippen LogP) is 2.88. The normalized spacial score (nSPS) is 26.2. The van der Waals surface area contributed by atoms with Gasteiger partial charge < -0.3 is 10.1 Å². The summed E-state index contributed by atoms with van der Waals surface area (Å²) < 4.78 is 7.22. The highest BCUT2D eigenvalue weighted by molar-refractivity contribution is 9.11.